The van der Waals surface area contributed by atoms with Gasteiger partial charge in [-0.3, -0.25) is 24.6 Å². The normalized spacial score (nSPS) is 16.4. The van der Waals surface area contributed by atoms with Gasteiger partial charge in [-0.05, 0) is 55.3 Å². The molecule has 2 amide bonds. The number of thioether (sulfide) groups is 1. The third kappa shape index (κ3) is 5.26. The fourth-order valence-corrected chi connectivity index (χ4v) is 4.96. The molecule has 10 heteroatoms. The molecule has 36 heavy (non-hydrogen) atoms. The Hall–Kier alpha value is -4.49. The number of nitro benzene ring substituents is 1. The second-order valence-electron chi connectivity index (χ2n) is 8.00. The Morgan fingerprint density at radius 3 is 2.50 bits per heavy atom. The summed E-state index contributed by atoms with van der Waals surface area (Å²) in [7, 11) is 0. The molecule has 4 rings (SSSR count). The monoisotopic (exact) mass is 502 g/mol. The van der Waals surface area contributed by atoms with E-state index in [2.05, 4.69) is 5.32 Å². The Bertz CT molecular complexity index is 1420. The molecule has 0 spiro atoms. The number of amides is 2. The van der Waals surface area contributed by atoms with Gasteiger partial charge in [-0.25, -0.2) is 4.39 Å². The van der Waals surface area contributed by atoms with Crippen LogP contribution in [-0.4, -0.2) is 22.0 Å². The van der Waals surface area contributed by atoms with E-state index in [1.165, 1.54) is 41.3 Å². The van der Waals surface area contributed by atoms with Crippen molar-refractivity contribution >= 4 is 40.6 Å². The van der Waals surface area contributed by atoms with E-state index in [9.17, 15) is 29.4 Å². The van der Waals surface area contributed by atoms with Gasteiger partial charge in [-0.1, -0.05) is 41.6 Å². The molecule has 1 aliphatic heterocycles. The van der Waals surface area contributed by atoms with Gasteiger partial charge in [-0.2, -0.15) is 5.26 Å². The number of nitrogens with one attached hydrogen (secondary N) is 1. The first kappa shape index (κ1) is 24.6. The number of nitro groups is 1. The second-order valence-corrected chi connectivity index (χ2v) is 9.19. The molecule has 1 atom stereocenters. The number of benzene rings is 3. The van der Waals surface area contributed by atoms with E-state index in [1.54, 1.807) is 24.3 Å². The largest absolute Gasteiger partial charge is 0.321 e. The van der Waals surface area contributed by atoms with Crippen LogP contribution in [0.25, 0.3) is 0 Å². The molecule has 0 aromatic heterocycles. The van der Waals surface area contributed by atoms with E-state index < -0.39 is 21.9 Å². The number of halogens is 1. The van der Waals surface area contributed by atoms with Gasteiger partial charge in [0.1, 0.15) is 22.5 Å². The number of hydrogen-bond donors (Lipinski definition) is 1. The molecule has 0 aliphatic carbocycles. The summed E-state index contributed by atoms with van der Waals surface area (Å²) in [6, 6.07) is 20.0. The number of nitrogens with zero attached hydrogens (tertiary/aromatic N) is 3. The molecule has 1 fully saturated rings. The van der Waals surface area contributed by atoms with Gasteiger partial charge in [0.05, 0.1) is 10.2 Å². The van der Waals surface area contributed by atoms with Crippen LogP contribution in [0, 0.1) is 34.2 Å². The van der Waals surface area contributed by atoms with E-state index in [0.29, 0.717) is 16.9 Å². The molecule has 1 heterocycles. The highest BCUT2D eigenvalue weighted by Gasteiger charge is 2.41. The summed E-state index contributed by atoms with van der Waals surface area (Å²) in [5, 5.41) is 23.1. The van der Waals surface area contributed by atoms with Crippen molar-refractivity contribution < 1.29 is 18.9 Å². The highest BCUT2D eigenvalue weighted by atomic mass is 32.2. The SMILES string of the molecule is Cc1ccc(N2C(=O)C(Cc3cccc([N+](=O)[O-])c3)S/C2=C(/C#N)C(=O)Nc2ccc(F)cc2)cc1. The molecule has 0 saturated carbocycles. The summed E-state index contributed by atoms with van der Waals surface area (Å²) < 4.78 is 13.2. The summed E-state index contributed by atoms with van der Waals surface area (Å²) in [5.41, 5.74) is 1.95. The number of hydrogen-bond acceptors (Lipinski definition) is 6. The summed E-state index contributed by atoms with van der Waals surface area (Å²) in [4.78, 5) is 38.5. The Kier molecular flexibility index (Phi) is 7.12. The molecular formula is C26H19FN4O4S. The Morgan fingerprint density at radius 2 is 1.86 bits per heavy atom. The minimum atomic E-state index is -0.743. The van der Waals surface area contributed by atoms with Gasteiger partial charge in [-0.15, -0.1) is 0 Å². The number of non-ortho nitro benzene ring substituents is 1. The van der Waals surface area contributed by atoms with Crippen molar-refractivity contribution in [3.8, 4) is 6.07 Å². The number of anilines is 2. The average Bonchev–Trinajstić information content (AvgIpc) is 3.17. The van der Waals surface area contributed by atoms with Crippen LogP contribution >= 0.6 is 11.8 Å². The van der Waals surface area contributed by atoms with E-state index in [0.717, 1.165) is 17.3 Å². The third-order valence-corrected chi connectivity index (χ3v) is 6.71. The molecule has 3 aromatic carbocycles. The highest BCUT2D eigenvalue weighted by molar-refractivity contribution is 8.05. The van der Waals surface area contributed by atoms with E-state index in [1.807, 2.05) is 25.1 Å². The second kappa shape index (κ2) is 10.4. The van der Waals surface area contributed by atoms with Crippen LogP contribution in [0.15, 0.2) is 83.4 Å². The Balaban J connectivity index is 1.72. The van der Waals surface area contributed by atoms with Crippen LogP contribution in [-0.2, 0) is 16.0 Å². The van der Waals surface area contributed by atoms with E-state index in [4.69, 9.17) is 0 Å². The van der Waals surface area contributed by atoms with Crippen molar-refractivity contribution in [3.63, 3.8) is 0 Å². The van der Waals surface area contributed by atoms with Crippen molar-refractivity contribution in [2.24, 2.45) is 0 Å². The van der Waals surface area contributed by atoms with Crippen LogP contribution in [0.2, 0.25) is 0 Å². The summed E-state index contributed by atoms with van der Waals surface area (Å²) in [5.74, 6) is -1.57. The predicted molar refractivity (Wildman–Crippen MR) is 135 cm³/mol. The van der Waals surface area contributed by atoms with Crippen molar-refractivity contribution in [2.45, 2.75) is 18.6 Å². The first-order valence-corrected chi connectivity index (χ1v) is 11.7. The van der Waals surface area contributed by atoms with E-state index in [-0.39, 0.29) is 28.6 Å². The summed E-state index contributed by atoms with van der Waals surface area (Å²) in [6.07, 6.45) is 0.162. The van der Waals surface area contributed by atoms with Crippen molar-refractivity contribution in [2.75, 3.05) is 10.2 Å². The Morgan fingerprint density at radius 1 is 1.17 bits per heavy atom. The van der Waals surface area contributed by atoms with Gasteiger partial charge in [0.15, 0.2) is 0 Å². The summed E-state index contributed by atoms with van der Waals surface area (Å²) in [6.45, 7) is 1.89. The standard InChI is InChI=1S/C26H19FN4O4S/c1-16-5-11-20(12-6-16)30-25(33)23(14-17-3-2-4-21(13-17)31(34)35)36-26(30)22(15-28)24(32)29-19-9-7-18(27)8-10-19/h2-13,23H,14H2,1H3,(H,29,32)/b26-22-. The van der Waals surface area contributed by atoms with Gasteiger partial charge >= 0.3 is 0 Å². The maximum atomic E-state index is 13.5. The molecule has 1 unspecified atom stereocenters. The average molecular weight is 503 g/mol. The van der Waals surface area contributed by atoms with Gasteiger partial charge in [0, 0.05) is 23.5 Å². The molecule has 1 aliphatic rings. The third-order valence-electron chi connectivity index (χ3n) is 5.44. The number of rotatable bonds is 6. The van der Waals surface area contributed by atoms with Gasteiger partial charge in [0.2, 0.25) is 5.91 Å². The number of nitriles is 1. The highest BCUT2D eigenvalue weighted by Crippen LogP contribution is 2.42. The van der Waals surface area contributed by atoms with Crippen LogP contribution in [0.1, 0.15) is 11.1 Å². The molecule has 1 N–H and O–H groups in total. The first-order valence-electron chi connectivity index (χ1n) is 10.8. The zero-order chi connectivity index (χ0) is 25.8. The minimum absolute atomic E-state index is 0.0921. The van der Waals surface area contributed by atoms with Crippen LogP contribution in [0.3, 0.4) is 0 Å². The minimum Gasteiger partial charge on any atom is -0.321 e. The number of carbonyl (C=O) groups excluding carboxylic acids is 2. The zero-order valence-electron chi connectivity index (χ0n) is 19.0. The van der Waals surface area contributed by atoms with Gasteiger partial charge < -0.3 is 5.32 Å². The smallest absolute Gasteiger partial charge is 0.269 e. The lowest BCUT2D eigenvalue weighted by molar-refractivity contribution is -0.384. The lowest BCUT2D eigenvalue weighted by Gasteiger charge is -2.19. The Labute approximate surface area is 210 Å². The molecule has 0 bridgehead atoms. The topological polar surface area (TPSA) is 116 Å². The van der Waals surface area contributed by atoms with Crippen LogP contribution in [0.4, 0.5) is 21.5 Å². The fraction of sp³-hybridized carbons (Fsp3) is 0.115. The van der Waals surface area contributed by atoms with Crippen LogP contribution < -0.4 is 10.2 Å². The lowest BCUT2D eigenvalue weighted by Crippen LogP contribution is -2.30. The fourth-order valence-electron chi connectivity index (χ4n) is 3.65. The van der Waals surface area contributed by atoms with Crippen LogP contribution in [0.5, 0.6) is 0 Å². The molecule has 0 radical (unpaired) electrons. The lowest BCUT2D eigenvalue weighted by atomic mass is 10.1. The number of carbonyl (C=O) groups is 2. The predicted octanol–water partition coefficient (Wildman–Crippen LogP) is 5.11. The summed E-state index contributed by atoms with van der Waals surface area (Å²) >= 11 is 1.05. The molecule has 3 aromatic rings. The maximum Gasteiger partial charge on any atom is 0.269 e. The quantitative estimate of drug-likeness (QED) is 0.217. The van der Waals surface area contributed by atoms with Crippen molar-refractivity contribution in [3.05, 3.63) is 110 Å². The first-order chi connectivity index (χ1) is 17.3. The molecule has 180 valence electrons. The van der Waals surface area contributed by atoms with Crippen molar-refractivity contribution in [1.29, 1.82) is 5.26 Å². The number of aryl methyl sites for hydroxylation is 1. The zero-order valence-corrected chi connectivity index (χ0v) is 19.8. The van der Waals surface area contributed by atoms with Gasteiger partial charge in [0.25, 0.3) is 11.6 Å². The maximum absolute atomic E-state index is 13.5. The molecular weight excluding hydrogens is 483 g/mol. The van der Waals surface area contributed by atoms with Crippen molar-refractivity contribution in [1.82, 2.24) is 0 Å². The molecule has 1 saturated heterocycles. The van der Waals surface area contributed by atoms with E-state index >= 15 is 0 Å². The molecule has 8 nitrogen and oxygen atoms in total.